The van der Waals surface area contributed by atoms with Gasteiger partial charge in [0, 0.05) is 35.8 Å². The van der Waals surface area contributed by atoms with Crippen molar-refractivity contribution in [2.24, 2.45) is 0 Å². The van der Waals surface area contributed by atoms with E-state index in [1.54, 1.807) is 12.1 Å². The van der Waals surface area contributed by atoms with Gasteiger partial charge >= 0.3 is 0 Å². The largest absolute Gasteiger partial charge is 0.302 e. The molecule has 1 aliphatic rings. The van der Waals surface area contributed by atoms with Gasteiger partial charge in [0.1, 0.15) is 5.82 Å². The molecule has 0 fully saturated rings. The summed E-state index contributed by atoms with van der Waals surface area (Å²) in [4.78, 5) is 6.86. The summed E-state index contributed by atoms with van der Waals surface area (Å²) < 4.78 is 13.9. The van der Waals surface area contributed by atoms with E-state index in [1.807, 2.05) is 12.1 Å². The van der Waals surface area contributed by atoms with Gasteiger partial charge in [-0.15, -0.1) is 0 Å². The Balaban J connectivity index is 2.02. The number of hydrogen-bond acceptors (Lipinski definition) is 2. The molecule has 2 aromatic rings. The van der Waals surface area contributed by atoms with Crippen molar-refractivity contribution in [2.75, 3.05) is 13.6 Å². The van der Waals surface area contributed by atoms with E-state index in [2.05, 4.69) is 16.9 Å². The molecule has 98 valence electrons. The highest BCUT2D eigenvalue weighted by atomic mass is 35.5. The number of nitrogens with zero attached hydrogens (tertiary/aromatic N) is 2. The molecule has 0 radical (unpaired) electrons. The van der Waals surface area contributed by atoms with E-state index >= 15 is 0 Å². The van der Waals surface area contributed by atoms with Crippen LogP contribution in [0.2, 0.25) is 5.02 Å². The van der Waals surface area contributed by atoms with Crippen molar-refractivity contribution in [1.82, 2.24) is 9.88 Å². The fraction of sp³-hybridized carbons (Fsp3) is 0.267. The van der Waals surface area contributed by atoms with Crippen LogP contribution in [0.15, 0.2) is 30.3 Å². The highest BCUT2D eigenvalue weighted by Gasteiger charge is 2.16. The Kier molecular flexibility index (Phi) is 3.25. The van der Waals surface area contributed by atoms with Crippen molar-refractivity contribution in [1.29, 1.82) is 0 Å². The molecule has 0 amide bonds. The van der Waals surface area contributed by atoms with Crippen LogP contribution in [0.3, 0.4) is 0 Å². The smallest absolute Gasteiger partial charge is 0.134 e. The predicted molar refractivity (Wildman–Crippen MR) is 74.7 cm³/mol. The van der Waals surface area contributed by atoms with E-state index in [1.165, 1.54) is 11.6 Å². The summed E-state index contributed by atoms with van der Waals surface area (Å²) in [6.45, 7) is 1.90. The summed E-state index contributed by atoms with van der Waals surface area (Å²) in [5.74, 6) is -0.326. The van der Waals surface area contributed by atoms with Crippen LogP contribution >= 0.6 is 11.6 Å². The van der Waals surface area contributed by atoms with Gasteiger partial charge in [-0.05, 0) is 36.9 Å². The summed E-state index contributed by atoms with van der Waals surface area (Å²) >= 11 is 5.77. The average molecular weight is 277 g/mol. The fourth-order valence-corrected chi connectivity index (χ4v) is 2.56. The lowest BCUT2D eigenvalue weighted by Gasteiger charge is -2.24. The van der Waals surface area contributed by atoms with Crippen LogP contribution in [0.5, 0.6) is 0 Å². The molecule has 0 atom stereocenters. The second kappa shape index (κ2) is 4.91. The van der Waals surface area contributed by atoms with Crippen LogP contribution < -0.4 is 0 Å². The quantitative estimate of drug-likeness (QED) is 0.792. The summed E-state index contributed by atoms with van der Waals surface area (Å²) in [6, 6.07) is 8.62. The van der Waals surface area contributed by atoms with Gasteiger partial charge in [-0.1, -0.05) is 17.7 Å². The maximum Gasteiger partial charge on any atom is 0.134 e. The lowest BCUT2D eigenvalue weighted by Crippen LogP contribution is -2.27. The van der Waals surface area contributed by atoms with E-state index in [0.717, 1.165) is 25.2 Å². The molecule has 0 unspecified atom stereocenters. The Bertz CT molecular complexity index is 628. The van der Waals surface area contributed by atoms with Crippen LogP contribution in [0, 0.1) is 5.82 Å². The van der Waals surface area contributed by atoms with Crippen LogP contribution in [-0.4, -0.2) is 23.5 Å². The third-order valence-electron chi connectivity index (χ3n) is 3.45. The van der Waals surface area contributed by atoms with E-state index in [4.69, 9.17) is 11.6 Å². The SMILES string of the molecule is CN1CCc2nc(-c3ccc(Cl)cc3F)ccc2C1. The summed E-state index contributed by atoms with van der Waals surface area (Å²) in [5, 5.41) is 0.404. The molecule has 19 heavy (non-hydrogen) atoms. The van der Waals surface area contributed by atoms with Gasteiger partial charge < -0.3 is 4.90 Å². The minimum atomic E-state index is -0.326. The lowest BCUT2D eigenvalue weighted by molar-refractivity contribution is 0.310. The number of hydrogen-bond donors (Lipinski definition) is 0. The molecule has 0 N–H and O–H groups in total. The predicted octanol–water partition coefficient (Wildman–Crippen LogP) is 3.53. The molecule has 0 bridgehead atoms. The van der Waals surface area contributed by atoms with Gasteiger partial charge in [-0.2, -0.15) is 0 Å². The normalized spacial score (nSPS) is 15.3. The topological polar surface area (TPSA) is 16.1 Å². The molecule has 0 saturated carbocycles. The summed E-state index contributed by atoms with van der Waals surface area (Å²) in [6.07, 6.45) is 0.912. The van der Waals surface area contributed by atoms with Crippen LogP contribution in [0.25, 0.3) is 11.3 Å². The number of aromatic nitrogens is 1. The Morgan fingerprint density at radius 2 is 2.11 bits per heavy atom. The second-order valence-corrected chi connectivity index (χ2v) is 5.35. The van der Waals surface area contributed by atoms with Crippen molar-refractivity contribution in [3.05, 3.63) is 52.4 Å². The first-order valence-corrected chi connectivity index (χ1v) is 6.64. The molecule has 1 aliphatic heterocycles. The van der Waals surface area contributed by atoms with E-state index < -0.39 is 0 Å². The number of fused-ring (bicyclic) bond motifs is 1. The highest BCUT2D eigenvalue weighted by Crippen LogP contribution is 2.26. The minimum Gasteiger partial charge on any atom is -0.302 e. The third kappa shape index (κ3) is 2.48. The van der Waals surface area contributed by atoms with E-state index in [-0.39, 0.29) is 5.82 Å². The van der Waals surface area contributed by atoms with Gasteiger partial charge in [-0.3, -0.25) is 4.98 Å². The van der Waals surface area contributed by atoms with Crippen molar-refractivity contribution in [2.45, 2.75) is 13.0 Å². The van der Waals surface area contributed by atoms with Crippen LogP contribution in [0.1, 0.15) is 11.3 Å². The number of pyridine rings is 1. The monoisotopic (exact) mass is 276 g/mol. The first-order valence-electron chi connectivity index (χ1n) is 6.26. The van der Waals surface area contributed by atoms with Crippen molar-refractivity contribution in [3.63, 3.8) is 0 Å². The van der Waals surface area contributed by atoms with Gasteiger partial charge in [0.05, 0.1) is 5.69 Å². The Morgan fingerprint density at radius 1 is 1.26 bits per heavy atom. The molecule has 4 heteroatoms. The standard InChI is InChI=1S/C15H14ClFN2/c1-19-7-6-14-10(9-19)2-5-15(18-14)12-4-3-11(16)8-13(12)17/h2-5,8H,6-7,9H2,1H3. The zero-order valence-electron chi connectivity index (χ0n) is 10.7. The van der Waals surface area contributed by atoms with Gasteiger partial charge in [0.2, 0.25) is 0 Å². The Morgan fingerprint density at radius 3 is 2.89 bits per heavy atom. The maximum absolute atomic E-state index is 13.9. The summed E-state index contributed by atoms with van der Waals surface area (Å²) in [5.41, 5.74) is 3.49. The number of benzene rings is 1. The molecule has 0 aliphatic carbocycles. The average Bonchev–Trinajstić information content (AvgIpc) is 2.38. The zero-order chi connectivity index (χ0) is 13.4. The van der Waals surface area contributed by atoms with E-state index in [9.17, 15) is 4.39 Å². The molecule has 0 saturated heterocycles. The molecule has 0 spiro atoms. The fourth-order valence-electron chi connectivity index (χ4n) is 2.40. The first kappa shape index (κ1) is 12.6. The zero-order valence-corrected chi connectivity index (χ0v) is 11.4. The molecular weight excluding hydrogens is 263 g/mol. The highest BCUT2D eigenvalue weighted by molar-refractivity contribution is 6.30. The molecule has 2 nitrogen and oxygen atoms in total. The minimum absolute atomic E-state index is 0.326. The van der Waals surface area contributed by atoms with Gasteiger partial charge in [-0.25, -0.2) is 4.39 Å². The third-order valence-corrected chi connectivity index (χ3v) is 3.68. The van der Waals surface area contributed by atoms with Crippen LogP contribution in [0.4, 0.5) is 4.39 Å². The van der Waals surface area contributed by atoms with Crippen molar-refractivity contribution < 1.29 is 4.39 Å². The second-order valence-electron chi connectivity index (χ2n) is 4.91. The summed E-state index contributed by atoms with van der Waals surface area (Å²) in [7, 11) is 2.09. The molecule has 1 aromatic heterocycles. The van der Waals surface area contributed by atoms with Crippen LogP contribution in [-0.2, 0) is 13.0 Å². The lowest BCUT2D eigenvalue weighted by atomic mass is 10.0. The molecular formula is C15H14ClFN2. The molecule has 3 rings (SSSR count). The number of halogens is 2. The number of rotatable bonds is 1. The Labute approximate surface area is 116 Å². The van der Waals surface area contributed by atoms with Crippen molar-refractivity contribution >= 4 is 11.6 Å². The Hall–Kier alpha value is -1.45. The maximum atomic E-state index is 13.9. The van der Waals surface area contributed by atoms with Gasteiger partial charge in [0.15, 0.2) is 0 Å². The van der Waals surface area contributed by atoms with Gasteiger partial charge in [0.25, 0.3) is 0 Å². The molecule has 1 aromatic carbocycles. The van der Waals surface area contributed by atoms with E-state index in [0.29, 0.717) is 16.3 Å². The number of likely N-dealkylation sites (N-methyl/N-ethyl adjacent to an activating group) is 1. The first-order chi connectivity index (χ1) is 9.13. The van der Waals surface area contributed by atoms with Crippen molar-refractivity contribution in [3.8, 4) is 11.3 Å². The molecule has 2 heterocycles.